The highest BCUT2D eigenvalue weighted by Gasteiger charge is 2.21. The molecule has 0 aliphatic rings. The molecule has 0 aliphatic carbocycles. The first-order valence-corrected chi connectivity index (χ1v) is 6.62. The molecule has 1 aromatic carbocycles. The molecule has 1 aromatic rings. The van der Waals surface area contributed by atoms with Gasteiger partial charge in [0.1, 0.15) is 16.7 Å². The minimum absolute atomic E-state index is 0.163. The first kappa shape index (κ1) is 11.6. The van der Waals surface area contributed by atoms with E-state index in [1.54, 1.807) is 6.07 Å². The van der Waals surface area contributed by atoms with E-state index in [-0.39, 0.29) is 5.56 Å². The molecular weight excluding hydrogens is 341 g/mol. The fraction of sp³-hybridized carbons (Fsp3) is 0. The summed E-state index contributed by atoms with van der Waals surface area (Å²) in [6, 6.07) is 4.20. The summed E-state index contributed by atoms with van der Waals surface area (Å²) in [7, 11) is 0.962. The van der Waals surface area contributed by atoms with E-state index in [0.717, 1.165) is 0 Å². The van der Waals surface area contributed by atoms with Crippen LogP contribution < -0.4 is 0 Å². The van der Waals surface area contributed by atoms with E-state index in [4.69, 9.17) is 15.9 Å². The van der Waals surface area contributed by atoms with E-state index >= 15 is 0 Å². The van der Waals surface area contributed by atoms with E-state index in [9.17, 15) is 13.5 Å². The van der Waals surface area contributed by atoms with E-state index in [2.05, 4.69) is 0 Å². The van der Waals surface area contributed by atoms with Crippen molar-refractivity contribution in [1.82, 2.24) is 0 Å². The van der Waals surface area contributed by atoms with Crippen molar-refractivity contribution in [3.63, 3.8) is 0 Å². The molecule has 0 heterocycles. The normalized spacial score (nSPS) is 10.9. The molecule has 0 aromatic heterocycles. The van der Waals surface area contributed by atoms with Crippen LogP contribution in [0.4, 0.5) is 0 Å². The Kier molecular flexibility index (Phi) is 3.24. The molecule has 0 saturated carbocycles. The molecular formula is C7H3ClINO3S. The Bertz CT molecular complexity index is 520. The molecule has 1 N–H and O–H groups in total. The molecule has 7 heteroatoms. The molecule has 0 fully saturated rings. The highest BCUT2D eigenvalue weighted by molar-refractivity contribution is 14.1. The van der Waals surface area contributed by atoms with E-state index in [0.29, 0.717) is 3.57 Å². The fourth-order valence-corrected chi connectivity index (χ4v) is 2.69. The number of aromatic hydroxyl groups is 1. The van der Waals surface area contributed by atoms with Crippen molar-refractivity contribution in [2.24, 2.45) is 0 Å². The Labute approximate surface area is 98.7 Å². The third-order valence-electron chi connectivity index (χ3n) is 1.40. The predicted octanol–water partition coefficient (Wildman–Crippen LogP) is 1.80. The minimum atomic E-state index is -4.10. The van der Waals surface area contributed by atoms with Gasteiger partial charge in [-0.1, -0.05) is 0 Å². The second kappa shape index (κ2) is 3.92. The van der Waals surface area contributed by atoms with E-state index in [1.165, 1.54) is 12.1 Å². The van der Waals surface area contributed by atoms with Gasteiger partial charge in [-0.3, -0.25) is 0 Å². The number of rotatable bonds is 1. The van der Waals surface area contributed by atoms with Crippen molar-refractivity contribution in [3.05, 3.63) is 21.3 Å². The number of nitrogens with zero attached hydrogens (tertiary/aromatic N) is 1. The van der Waals surface area contributed by atoms with Gasteiger partial charge < -0.3 is 5.11 Å². The number of halogens is 2. The number of hydrogen-bond donors (Lipinski definition) is 1. The van der Waals surface area contributed by atoms with Crippen LogP contribution in [0.15, 0.2) is 17.0 Å². The zero-order valence-electron chi connectivity index (χ0n) is 6.53. The molecule has 74 valence electrons. The summed E-state index contributed by atoms with van der Waals surface area (Å²) in [5.74, 6) is -0.511. The van der Waals surface area contributed by atoms with Crippen LogP contribution in [-0.2, 0) is 9.05 Å². The van der Waals surface area contributed by atoms with Gasteiger partial charge in [0.2, 0.25) is 0 Å². The van der Waals surface area contributed by atoms with Crippen LogP contribution in [-0.4, -0.2) is 13.5 Å². The Morgan fingerprint density at radius 2 is 2.07 bits per heavy atom. The molecule has 0 atom stereocenters. The van der Waals surface area contributed by atoms with Crippen LogP contribution in [0.3, 0.4) is 0 Å². The molecule has 0 amide bonds. The molecule has 0 bridgehead atoms. The van der Waals surface area contributed by atoms with Crippen molar-refractivity contribution in [1.29, 1.82) is 5.26 Å². The molecule has 14 heavy (non-hydrogen) atoms. The maximum atomic E-state index is 11.0. The summed E-state index contributed by atoms with van der Waals surface area (Å²) >= 11 is 1.85. The zero-order valence-corrected chi connectivity index (χ0v) is 10.3. The summed E-state index contributed by atoms with van der Waals surface area (Å²) in [4.78, 5) is -0.540. The highest BCUT2D eigenvalue weighted by Crippen LogP contribution is 2.31. The van der Waals surface area contributed by atoms with Crippen LogP contribution in [0.25, 0.3) is 0 Å². The number of phenolic OH excluding ortho intramolecular Hbond substituents is 1. The zero-order chi connectivity index (χ0) is 10.9. The second-order valence-corrected chi connectivity index (χ2v) is 6.10. The van der Waals surface area contributed by atoms with Gasteiger partial charge in [-0.2, -0.15) is 5.26 Å². The van der Waals surface area contributed by atoms with Crippen molar-refractivity contribution in [2.45, 2.75) is 4.90 Å². The maximum absolute atomic E-state index is 11.0. The molecule has 0 saturated heterocycles. The van der Waals surface area contributed by atoms with Gasteiger partial charge in [0.25, 0.3) is 9.05 Å². The third kappa shape index (κ3) is 2.29. The molecule has 0 radical (unpaired) electrons. The standard InChI is InChI=1S/C7H3ClINO3S/c8-14(12,13)7-4(3-10)1-5(9)2-6(7)11/h1-2,11H. The molecule has 4 nitrogen and oxygen atoms in total. The predicted molar refractivity (Wildman–Crippen MR) is 58.6 cm³/mol. The summed E-state index contributed by atoms with van der Waals surface area (Å²) in [6.45, 7) is 0. The minimum Gasteiger partial charge on any atom is -0.506 e. The van der Waals surface area contributed by atoms with Crippen LogP contribution in [0.1, 0.15) is 5.56 Å². The summed E-state index contributed by atoms with van der Waals surface area (Å²) < 4.78 is 22.5. The van der Waals surface area contributed by atoms with Gasteiger partial charge >= 0.3 is 0 Å². The Morgan fingerprint density at radius 1 is 1.50 bits per heavy atom. The topological polar surface area (TPSA) is 78.2 Å². The van der Waals surface area contributed by atoms with Crippen molar-refractivity contribution >= 4 is 42.3 Å². The third-order valence-corrected chi connectivity index (χ3v) is 3.40. The highest BCUT2D eigenvalue weighted by atomic mass is 127. The molecule has 0 spiro atoms. The lowest BCUT2D eigenvalue weighted by molar-refractivity contribution is 0.458. The second-order valence-electron chi connectivity index (χ2n) is 2.35. The quantitative estimate of drug-likeness (QED) is 0.623. The SMILES string of the molecule is N#Cc1cc(I)cc(O)c1S(=O)(=O)Cl. The monoisotopic (exact) mass is 343 g/mol. The van der Waals surface area contributed by atoms with E-state index < -0.39 is 19.7 Å². The largest absolute Gasteiger partial charge is 0.506 e. The Hall–Kier alpha value is -0.520. The van der Waals surface area contributed by atoms with Crippen LogP contribution in [0.5, 0.6) is 5.75 Å². The number of phenols is 1. The van der Waals surface area contributed by atoms with Gasteiger partial charge in [-0.15, -0.1) is 0 Å². The average Bonchev–Trinajstić information content (AvgIpc) is 1.99. The maximum Gasteiger partial charge on any atom is 0.266 e. The van der Waals surface area contributed by atoms with E-state index in [1.807, 2.05) is 22.6 Å². The Balaban J connectivity index is 3.68. The van der Waals surface area contributed by atoms with Gasteiger partial charge in [0, 0.05) is 14.3 Å². The van der Waals surface area contributed by atoms with Gasteiger partial charge in [-0.05, 0) is 34.7 Å². The molecule has 0 unspecified atom stereocenters. The number of hydrogen-bond acceptors (Lipinski definition) is 4. The lowest BCUT2D eigenvalue weighted by Crippen LogP contribution is -1.96. The lowest BCUT2D eigenvalue weighted by Gasteiger charge is -2.03. The smallest absolute Gasteiger partial charge is 0.266 e. The van der Waals surface area contributed by atoms with Crippen LogP contribution in [0.2, 0.25) is 0 Å². The fourth-order valence-electron chi connectivity index (χ4n) is 0.919. The first-order chi connectivity index (χ1) is 6.36. The lowest BCUT2D eigenvalue weighted by atomic mass is 10.2. The summed E-state index contributed by atoms with van der Waals surface area (Å²) in [6.07, 6.45) is 0. The van der Waals surface area contributed by atoms with Crippen molar-refractivity contribution < 1.29 is 13.5 Å². The average molecular weight is 344 g/mol. The van der Waals surface area contributed by atoms with Crippen molar-refractivity contribution in [2.75, 3.05) is 0 Å². The van der Waals surface area contributed by atoms with Gasteiger partial charge in [-0.25, -0.2) is 8.42 Å². The molecule has 1 rings (SSSR count). The summed E-state index contributed by atoms with van der Waals surface area (Å²) in [5.41, 5.74) is -0.163. The van der Waals surface area contributed by atoms with Gasteiger partial charge in [0.15, 0.2) is 0 Å². The summed E-state index contributed by atoms with van der Waals surface area (Å²) in [5, 5.41) is 18.0. The number of benzene rings is 1. The number of nitriles is 1. The Morgan fingerprint density at radius 3 is 2.50 bits per heavy atom. The van der Waals surface area contributed by atoms with Crippen LogP contribution in [0, 0.1) is 14.9 Å². The molecule has 0 aliphatic heterocycles. The van der Waals surface area contributed by atoms with Gasteiger partial charge in [0.05, 0.1) is 5.56 Å². The first-order valence-electron chi connectivity index (χ1n) is 3.23. The van der Waals surface area contributed by atoms with Crippen molar-refractivity contribution in [3.8, 4) is 11.8 Å². The van der Waals surface area contributed by atoms with Crippen LogP contribution >= 0.6 is 33.3 Å².